The lowest BCUT2D eigenvalue weighted by atomic mass is 10.2. The molecule has 0 radical (unpaired) electrons. The van der Waals surface area contributed by atoms with Gasteiger partial charge in [0, 0.05) is 17.1 Å². The maximum Gasteiger partial charge on any atom is 0.319 e. The molecule has 0 fully saturated rings. The van der Waals surface area contributed by atoms with Crippen molar-refractivity contribution < 1.29 is 22.3 Å². The van der Waals surface area contributed by atoms with Crippen LogP contribution in [0.2, 0.25) is 5.02 Å². The lowest BCUT2D eigenvalue weighted by Gasteiger charge is -2.17. The third-order valence-corrected chi connectivity index (χ3v) is 2.63. The minimum Gasteiger partial charge on any atom is -0.496 e. The zero-order valence-corrected chi connectivity index (χ0v) is 10.3. The van der Waals surface area contributed by atoms with Crippen LogP contribution in [0.4, 0.5) is 17.6 Å². The van der Waals surface area contributed by atoms with Crippen molar-refractivity contribution >= 4 is 11.6 Å². The van der Waals surface area contributed by atoms with Crippen LogP contribution < -0.4 is 10.1 Å². The van der Waals surface area contributed by atoms with Crippen LogP contribution in [0, 0.1) is 0 Å². The Bertz CT molecular complexity index is 401. The van der Waals surface area contributed by atoms with Gasteiger partial charge in [-0.15, -0.1) is 0 Å². The SMILES string of the molecule is COc1cccc(Cl)c1CNCC(F)(F)C(F)F. The Morgan fingerprint density at radius 1 is 1.39 bits per heavy atom. The van der Waals surface area contributed by atoms with Gasteiger partial charge in [0.2, 0.25) is 0 Å². The number of nitrogens with one attached hydrogen (secondary N) is 1. The van der Waals surface area contributed by atoms with Crippen molar-refractivity contribution in [3.63, 3.8) is 0 Å². The summed E-state index contributed by atoms with van der Waals surface area (Å²) in [7, 11) is 1.41. The van der Waals surface area contributed by atoms with Gasteiger partial charge in [0.1, 0.15) is 5.75 Å². The molecule has 0 aromatic heterocycles. The van der Waals surface area contributed by atoms with Gasteiger partial charge in [-0.05, 0) is 12.1 Å². The molecule has 0 saturated heterocycles. The fourth-order valence-corrected chi connectivity index (χ4v) is 1.57. The average Bonchev–Trinajstić information content (AvgIpc) is 2.30. The number of ether oxygens (including phenoxy) is 1. The smallest absolute Gasteiger partial charge is 0.319 e. The predicted molar refractivity (Wildman–Crippen MR) is 60.7 cm³/mol. The van der Waals surface area contributed by atoms with Crippen molar-refractivity contribution in [2.24, 2.45) is 0 Å². The lowest BCUT2D eigenvalue weighted by molar-refractivity contribution is -0.125. The number of methoxy groups -OCH3 is 1. The van der Waals surface area contributed by atoms with E-state index in [4.69, 9.17) is 16.3 Å². The van der Waals surface area contributed by atoms with Crippen molar-refractivity contribution in [3.8, 4) is 5.75 Å². The summed E-state index contributed by atoms with van der Waals surface area (Å²) in [5.74, 6) is -3.65. The summed E-state index contributed by atoms with van der Waals surface area (Å²) >= 11 is 5.87. The van der Waals surface area contributed by atoms with Crippen LogP contribution in [0.5, 0.6) is 5.75 Å². The van der Waals surface area contributed by atoms with Gasteiger partial charge >= 0.3 is 12.3 Å². The maximum atomic E-state index is 12.7. The van der Waals surface area contributed by atoms with E-state index in [1.807, 2.05) is 0 Å². The summed E-state index contributed by atoms with van der Waals surface area (Å²) in [6.45, 7) is -1.20. The second-order valence-electron chi connectivity index (χ2n) is 3.59. The van der Waals surface area contributed by atoms with Gasteiger partial charge < -0.3 is 10.1 Å². The third-order valence-electron chi connectivity index (χ3n) is 2.28. The van der Waals surface area contributed by atoms with E-state index < -0.39 is 18.9 Å². The number of rotatable bonds is 6. The Labute approximate surface area is 107 Å². The monoisotopic (exact) mass is 285 g/mol. The van der Waals surface area contributed by atoms with E-state index in [0.29, 0.717) is 16.3 Å². The largest absolute Gasteiger partial charge is 0.496 e. The second kappa shape index (κ2) is 6.24. The van der Waals surface area contributed by atoms with Gasteiger partial charge in [0.15, 0.2) is 0 Å². The first-order chi connectivity index (χ1) is 8.38. The molecule has 2 nitrogen and oxygen atoms in total. The van der Waals surface area contributed by atoms with E-state index in [-0.39, 0.29) is 6.54 Å². The fraction of sp³-hybridized carbons (Fsp3) is 0.455. The van der Waals surface area contributed by atoms with Crippen LogP contribution in [-0.2, 0) is 6.54 Å². The molecule has 18 heavy (non-hydrogen) atoms. The van der Waals surface area contributed by atoms with E-state index in [9.17, 15) is 17.6 Å². The molecule has 1 N–H and O–H groups in total. The van der Waals surface area contributed by atoms with Crippen molar-refractivity contribution in [1.82, 2.24) is 5.32 Å². The number of hydrogen-bond donors (Lipinski definition) is 1. The number of halogens is 5. The van der Waals surface area contributed by atoms with Crippen molar-refractivity contribution in [1.29, 1.82) is 0 Å². The summed E-state index contributed by atoms with van der Waals surface area (Å²) in [6, 6.07) is 4.80. The highest BCUT2D eigenvalue weighted by molar-refractivity contribution is 6.31. The molecule has 102 valence electrons. The minimum atomic E-state index is -4.06. The summed E-state index contributed by atoms with van der Waals surface area (Å²) < 4.78 is 54.2. The number of alkyl halides is 4. The van der Waals surface area contributed by atoms with E-state index >= 15 is 0 Å². The minimum absolute atomic E-state index is 0.0782. The Hall–Kier alpha value is -1.01. The van der Waals surface area contributed by atoms with Gasteiger partial charge in [-0.1, -0.05) is 17.7 Å². The molecule has 1 aromatic carbocycles. The van der Waals surface area contributed by atoms with Crippen LogP contribution in [-0.4, -0.2) is 26.0 Å². The van der Waals surface area contributed by atoms with Gasteiger partial charge in [-0.3, -0.25) is 0 Å². The Balaban J connectivity index is 2.64. The molecule has 0 heterocycles. The highest BCUT2D eigenvalue weighted by Crippen LogP contribution is 2.27. The van der Waals surface area contributed by atoms with Gasteiger partial charge in [0.25, 0.3) is 0 Å². The standard InChI is InChI=1S/C11H12ClF4NO/c1-18-9-4-2-3-8(12)7(9)5-17-6-11(15,16)10(13)14/h2-4,10,17H,5-6H2,1H3. The van der Waals surface area contributed by atoms with Crippen LogP contribution >= 0.6 is 11.6 Å². The maximum absolute atomic E-state index is 12.7. The topological polar surface area (TPSA) is 21.3 Å². The molecular weight excluding hydrogens is 274 g/mol. The molecule has 0 unspecified atom stereocenters. The fourth-order valence-electron chi connectivity index (χ4n) is 1.33. The van der Waals surface area contributed by atoms with Crippen LogP contribution in [0.1, 0.15) is 5.56 Å². The molecular formula is C11H12ClF4NO. The molecule has 1 rings (SSSR count). The molecule has 1 aromatic rings. The zero-order chi connectivity index (χ0) is 13.8. The van der Waals surface area contributed by atoms with Crippen LogP contribution in [0.15, 0.2) is 18.2 Å². The molecule has 0 aliphatic heterocycles. The average molecular weight is 286 g/mol. The summed E-state index contributed by atoms with van der Waals surface area (Å²) in [4.78, 5) is 0. The Kier molecular flexibility index (Phi) is 5.22. The van der Waals surface area contributed by atoms with Crippen LogP contribution in [0.3, 0.4) is 0 Å². The van der Waals surface area contributed by atoms with E-state index in [0.717, 1.165) is 0 Å². The van der Waals surface area contributed by atoms with Gasteiger partial charge in [-0.2, -0.15) is 8.78 Å². The summed E-state index contributed by atoms with van der Waals surface area (Å²) in [5.41, 5.74) is 0.451. The van der Waals surface area contributed by atoms with Crippen molar-refractivity contribution in [2.75, 3.05) is 13.7 Å². The highest BCUT2D eigenvalue weighted by atomic mass is 35.5. The summed E-state index contributed by atoms with van der Waals surface area (Å²) in [5, 5.41) is 2.57. The van der Waals surface area contributed by atoms with E-state index in [2.05, 4.69) is 5.32 Å². The Morgan fingerprint density at radius 3 is 2.61 bits per heavy atom. The first-order valence-electron chi connectivity index (χ1n) is 5.06. The molecule has 0 saturated carbocycles. The number of benzene rings is 1. The predicted octanol–water partition coefficient (Wildman–Crippen LogP) is 3.34. The Morgan fingerprint density at radius 2 is 2.06 bits per heavy atom. The third kappa shape index (κ3) is 3.74. The van der Waals surface area contributed by atoms with Crippen molar-refractivity contribution in [3.05, 3.63) is 28.8 Å². The second-order valence-corrected chi connectivity index (χ2v) is 3.99. The van der Waals surface area contributed by atoms with E-state index in [1.54, 1.807) is 18.2 Å². The molecule has 0 atom stereocenters. The van der Waals surface area contributed by atoms with Gasteiger partial charge in [-0.25, -0.2) is 8.78 Å². The molecule has 0 aliphatic rings. The number of hydrogen-bond acceptors (Lipinski definition) is 2. The normalized spacial score (nSPS) is 11.9. The van der Waals surface area contributed by atoms with Crippen LogP contribution in [0.25, 0.3) is 0 Å². The van der Waals surface area contributed by atoms with Gasteiger partial charge in [0.05, 0.1) is 13.7 Å². The quantitative estimate of drug-likeness (QED) is 0.810. The lowest BCUT2D eigenvalue weighted by Crippen LogP contribution is -2.38. The highest BCUT2D eigenvalue weighted by Gasteiger charge is 2.40. The first kappa shape index (κ1) is 15.0. The molecule has 0 spiro atoms. The zero-order valence-electron chi connectivity index (χ0n) is 9.52. The summed E-state index contributed by atoms with van der Waals surface area (Å²) in [6.07, 6.45) is -3.70. The molecule has 0 bridgehead atoms. The van der Waals surface area contributed by atoms with Crippen molar-refractivity contribution in [2.45, 2.75) is 18.9 Å². The molecule has 7 heteroatoms. The van der Waals surface area contributed by atoms with E-state index in [1.165, 1.54) is 7.11 Å². The molecule has 0 amide bonds. The first-order valence-corrected chi connectivity index (χ1v) is 5.44. The molecule has 0 aliphatic carbocycles.